The van der Waals surface area contributed by atoms with Crippen LogP contribution in [0.4, 0.5) is 0 Å². The molecule has 1 saturated heterocycles. The van der Waals surface area contributed by atoms with E-state index >= 15 is 0 Å². The predicted molar refractivity (Wildman–Crippen MR) is 85.9 cm³/mol. The molecule has 2 N–H and O–H groups in total. The van der Waals surface area contributed by atoms with Crippen LogP contribution in [0.3, 0.4) is 0 Å². The third-order valence-corrected chi connectivity index (χ3v) is 5.40. The molecule has 2 nitrogen and oxygen atoms in total. The maximum atomic E-state index is 10.7. The Kier molecular flexibility index (Phi) is 7.97. The van der Waals surface area contributed by atoms with Gasteiger partial charge in [0.1, 0.15) is 0 Å². The van der Waals surface area contributed by atoms with Crippen molar-refractivity contribution in [1.82, 2.24) is 5.32 Å². The van der Waals surface area contributed by atoms with E-state index < -0.39 is 0 Å². The highest BCUT2D eigenvalue weighted by Gasteiger charge is 2.28. The van der Waals surface area contributed by atoms with E-state index in [4.69, 9.17) is 0 Å². The first kappa shape index (κ1) is 16.3. The van der Waals surface area contributed by atoms with E-state index in [1.807, 2.05) is 0 Å². The van der Waals surface area contributed by atoms with Crippen LogP contribution < -0.4 is 5.32 Å². The van der Waals surface area contributed by atoms with Gasteiger partial charge in [0.2, 0.25) is 0 Å². The summed E-state index contributed by atoms with van der Waals surface area (Å²) < 4.78 is 0. The van der Waals surface area contributed by atoms with Crippen molar-refractivity contribution >= 4 is 0 Å². The molecule has 0 spiro atoms. The molecule has 1 aliphatic heterocycles. The van der Waals surface area contributed by atoms with Gasteiger partial charge in [0, 0.05) is 12.0 Å². The summed E-state index contributed by atoms with van der Waals surface area (Å²) in [5.41, 5.74) is 0. The fourth-order valence-corrected chi connectivity index (χ4v) is 4.09. The lowest BCUT2D eigenvalue weighted by Gasteiger charge is -2.31. The summed E-state index contributed by atoms with van der Waals surface area (Å²) in [6.07, 6.45) is 18.4. The maximum absolute atomic E-state index is 10.7. The zero-order chi connectivity index (χ0) is 14.0. The molecule has 2 fully saturated rings. The number of aliphatic hydroxyl groups is 1. The molecule has 0 aromatic heterocycles. The number of rotatable bonds is 1. The minimum atomic E-state index is -0.0648. The summed E-state index contributed by atoms with van der Waals surface area (Å²) in [4.78, 5) is 0. The van der Waals surface area contributed by atoms with Gasteiger partial charge in [0.25, 0.3) is 0 Å². The molecule has 0 bridgehead atoms. The summed E-state index contributed by atoms with van der Waals surface area (Å²) in [6.45, 7) is 1.16. The Hall–Kier alpha value is -0.0800. The fourth-order valence-electron chi connectivity index (χ4n) is 4.09. The molecule has 3 atom stereocenters. The van der Waals surface area contributed by atoms with Gasteiger partial charge in [-0.3, -0.25) is 0 Å². The van der Waals surface area contributed by atoms with Gasteiger partial charge >= 0.3 is 0 Å². The molecule has 0 aromatic carbocycles. The molecule has 1 aliphatic carbocycles. The SMILES string of the molecule is OC1CCCCCCCCCCC1C1CCCCCN1. The normalized spacial score (nSPS) is 35.5. The third-order valence-electron chi connectivity index (χ3n) is 5.40. The Labute approximate surface area is 125 Å². The average molecular weight is 281 g/mol. The van der Waals surface area contributed by atoms with Crippen LogP contribution in [-0.4, -0.2) is 23.8 Å². The van der Waals surface area contributed by atoms with Gasteiger partial charge in [0.15, 0.2) is 0 Å². The Bertz CT molecular complexity index is 236. The van der Waals surface area contributed by atoms with Gasteiger partial charge in [-0.1, -0.05) is 64.2 Å². The van der Waals surface area contributed by atoms with Crippen LogP contribution in [0.2, 0.25) is 0 Å². The molecule has 1 heterocycles. The molecule has 0 amide bonds. The average Bonchev–Trinajstić information content (AvgIpc) is 2.72. The molecule has 118 valence electrons. The molecular weight excluding hydrogens is 246 g/mol. The van der Waals surface area contributed by atoms with E-state index in [0.29, 0.717) is 12.0 Å². The molecule has 0 radical (unpaired) electrons. The Morgan fingerprint density at radius 3 is 1.90 bits per heavy atom. The van der Waals surface area contributed by atoms with Crippen molar-refractivity contribution in [3.8, 4) is 0 Å². The first-order valence-electron chi connectivity index (χ1n) is 9.29. The lowest BCUT2D eigenvalue weighted by atomic mass is 9.83. The lowest BCUT2D eigenvalue weighted by molar-refractivity contribution is 0.0654. The molecule has 1 saturated carbocycles. The molecule has 3 unspecified atom stereocenters. The van der Waals surface area contributed by atoms with E-state index in [0.717, 1.165) is 13.0 Å². The molecular formula is C18H35NO. The summed E-state index contributed by atoms with van der Waals surface area (Å²) in [5, 5.41) is 14.4. The maximum Gasteiger partial charge on any atom is 0.0583 e. The van der Waals surface area contributed by atoms with Crippen molar-refractivity contribution in [3.63, 3.8) is 0 Å². The molecule has 20 heavy (non-hydrogen) atoms. The van der Waals surface area contributed by atoms with Crippen molar-refractivity contribution in [2.45, 2.75) is 102 Å². The van der Waals surface area contributed by atoms with E-state index in [9.17, 15) is 5.11 Å². The summed E-state index contributed by atoms with van der Waals surface area (Å²) in [5.74, 6) is 0.507. The summed E-state index contributed by atoms with van der Waals surface area (Å²) >= 11 is 0. The molecule has 0 aromatic rings. The third kappa shape index (κ3) is 5.73. The van der Waals surface area contributed by atoms with Crippen LogP contribution in [0.5, 0.6) is 0 Å². The van der Waals surface area contributed by atoms with Crippen LogP contribution in [0.1, 0.15) is 89.9 Å². The molecule has 2 heteroatoms. The highest BCUT2D eigenvalue weighted by atomic mass is 16.3. The zero-order valence-electron chi connectivity index (χ0n) is 13.3. The quantitative estimate of drug-likeness (QED) is 0.746. The van der Waals surface area contributed by atoms with Crippen molar-refractivity contribution < 1.29 is 5.11 Å². The van der Waals surface area contributed by atoms with Crippen LogP contribution in [0.15, 0.2) is 0 Å². The van der Waals surface area contributed by atoms with E-state index in [1.54, 1.807) is 0 Å². The standard InChI is InChI=1S/C18H35NO/c20-18-14-10-6-4-2-1-3-5-8-12-16(18)17-13-9-7-11-15-19-17/h16-20H,1-15H2. The minimum absolute atomic E-state index is 0.0648. The number of aliphatic hydroxyl groups excluding tert-OH is 1. The van der Waals surface area contributed by atoms with Gasteiger partial charge in [-0.05, 0) is 32.2 Å². The van der Waals surface area contributed by atoms with Crippen molar-refractivity contribution in [2.24, 2.45) is 5.92 Å². The van der Waals surface area contributed by atoms with Gasteiger partial charge in [0.05, 0.1) is 6.10 Å². The first-order chi connectivity index (χ1) is 9.88. The molecule has 2 aliphatic rings. The van der Waals surface area contributed by atoms with Gasteiger partial charge in [-0.2, -0.15) is 0 Å². The van der Waals surface area contributed by atoms with Crippen molar-refractivity contribution in [2.75, 3.05) is 6.54 Å². The topological polar surface area (TPSA) is 32.3 Å². The highest BCUT2D eigenvalue weighted by molar-refractivity contribution is 4.83. The van der Waals surface area contributed by atoms with Gasteiger partial charge < -0.3 is 10.4 Å². The monoisotopic (exact) mass is 281 g/mol. The Morgan fingerprint density at radius 1 is 0.600 bits per heavy atom. The second-order valence-corrected chi connectivity index (χ2v) is 7.05. The highest BCUT2D eigenvalue weighted by Crippen LogP contribution is 2.27. The van der Waals surface area contributed by atoms with Crippen LogP contribution in [-0.2, 0) is 0 Å². The van der Waals surface area contributed by atoms with E-state index in [1.165, 1.54) is 83.5 Å². The van der Waals surface area contributed by atoms with E-state index in [-0.39, 0.29) is 6.10 Å². The molecule has 2 rings (SSSR count). The van der Waals surface area contributed by atoms with Crippen LogP contribution in [0, 0.1) is 5.92 Å². The van der Waals surface area contributed by atoms with Crippen LogP contribution in [0.25, 0.3) is 0 Å². The fraction of sp³-hybridized carbons (Fsp3) is 1.00. The van der Waals surface area contributed by atoms with Gasteiger partial charge in [-0.15, -0.1) is 0 Å². The number of hydrogen-bond donors (Lipinski definition) is 2. The number of nitrogens with one attached hydrogen (secondary N) is 1. The predicted octanol–water partition coefficient (Wildman–Crippen LogP) is 4.41. The zero-order valence-corrected chi connectivity index (χ0v) is 13.3. The smallest absolute Gasteiger partial charge is 0.0583 e. The largest absolute Gasteiger partial charge is 0.393 e. The minimum Gasteiger partial charge on any atom is -0.393 e. The lowest BCUT2D eigenvalue weighted by Crippen LogP contribution is -2.41. The van der Waals surface area contributed by atoms with Gasteiger partial charge in [-0.25, -0.2) is 0 Å². The Balaban J connectivity index is 1.89. The number of hydrogen-bond acceptors (Lipinski definition) is 2. The van der Waals surface area contributed by atoms with E-state index in [2.05, 4.69) is 5.32 Å². The van der Waals surface area contributed by atoms with Crippen molar-refractivity contribution in [3.05, 3.63) is 0 Å². The Morgan fingerprint density at radius 2 is 1.15 bits per heavy atom. The second kappa shape index (κ2) is 9.78. The second-order valence-electron chi connectivity index (χ2n) is 7.05. The van der Waals surface area contributed by atoms with Crippen LogP contribution >= 0.6 is 0 Å². The summed E-state index contributed by atoms with van der Waals surface area (Å²) in [6, 6.07) is 0.579. The summed E-state index contributed by atoms with van der Waals surface area (Å²) in [7, 11) is 0. The first-order valence-corrected chi connectivity index (χ1v) is 9.29. The van der Waals surface area contributed by atoms with Crippen molar-refractivity contribution in [1.29, 1.82) is 0 Å².